The molecule has 0 aliphatic heterocycles. The van der Waals surface area contributed by atoms with Crippen molar-refractivity contribution < 1.29 is 18.0 Å². The van der Waals surface area contributed by atoms with Gasteiger partial charge in [0.1, 0.15) is 12.6 Å². The van der Waals surface area contributed by atoms with Crippen LogP contribution in [0, 0.1) is 13.8 Å². The summed E-state index contributed by atoms with van der Waals surface area (Å²) in [6.45, 7) is 5.41. The molecule has 0 heterocycles. The van der Waals surface area contributed by atoms with Crippen molar-refractivity contribution >= 4 is 39.1 Å². The molecule has 0 saturated carbocycles. The highest BCUT2D eigenvalue weighted by molar-refractivity contribution is 7.92. The molecule has 0 saturated heterocycles. The summed E-state index contributed by atoms with van der Waals surface area (Å²) in [6.07, 6.45) is 0.234. The topological polar surface area (TPSA) is 86.8 Å². The zero-order valence-electron chi connectivity index (χ0n) is 24.5. The van der Waals surface area contributed by atoms with Crippen molar-refractivity contribution in [2.24, 2.45) is 0 Å². The second kappa shape index (κ2) is 14.4. The van der Waals surface area contributed by atoms with Gasteiger partial charge >= 0.3 is 0 Å². The number of amides is 2. The molecule has 0 bridgehead atoms. The SMILES string of the molecule is CCNC(=O)[C@@H](Cc1ccccc1)N(Cc1ccccc1Cl)C(=O)CN(c1cccc(C)c1)S(=O)(=O)c1ccc(C)cc1. The smallest absolute Gasteiger partial charge is 0.264 e. The maximum absolute atomic E-state index is 14.4. The maximum atomic E-state index is 14.4. The van der Waals surface area contributed by atoms with E-state index in [1.165, 1.54) is 17.0 Å². The van der Waals surface area contributed by atoms with Crippen LogP contribution in [0.2, 0.25) is 5.02 Å². The molecule has 0 aliphatic rings. The predicted molar refractivity (Wildman–Crippen MR) is 172 cm³/mol. The average Bonchev–Trinajstić information content (AvgIpc) is 2.99. The average molecular weight is 618 g/mol. The van der Waals surface area contributed by atoms with Crippen molar-refractivity contribution in [3.8, 4) is 0 Å². The van der Waals surface area contributed by atoms with Gasteiger partial charge < -0.3 is 10.2 Å². The van der Waals surface area contributed by atoms with E-state index in [0.29, 0.717) is 22.8 Å². The molecule has 4 aromatic carbocycles. The van der Waals surface area contributed by atoms with E-state index < -0.39 is 28.5 Å². The Morgan fingerprint density at radius 2 is 1.51 bits per heavy atom. The Balaban J connectivity index is 1.80. The number of carbonyl (C=O) groups excluding carboxylic acids is 2. The van der Waals surface area contributed by atoms with Crippen LogP contribution >= 0.6 is 11.6 Å². The van der Waals surface area contributed by atoms with Gasteiger partial charge in [0.2, 0.25) is 11.8 Å². The fourth-order valence-corrected chi connectivity index (χ4v) is 6.41. The summed E-state index contributed by atoms with van der Waals surface area (Å²) in [6, 6.07) is 29.1. The molecular weight excluding hydrogens is 582 g/mol. The van der Waals surface area contributed by atoms with E-state index in [2.05, 4.69) is 5.32 Å². The third-order valence-electron chi connectivity index (χ3n) is 7.10. The second-order valence-corrected chi connectivity index (χ2v) is 12.6. The van der Waals surface area contributed by atoms with E-state index in [-0.39, 0.29) is 23.8 Å². The first-order chi connectivity index (χ1) is 20.6. The summed E-state index contributed by atoms with van der Waals surface area (Å²) in [5.41, 5.74) is 3.60. The number of hydrogen-bond acceptors (Lipinski definition) is 4. The molecule has 1 atom stereocenters. The lowest BCUT2D eigenvalue weighted by Crippen LogP contribution is -2.53. The summed E-state index contributed by atoms with van der Waals surface area (Å²) in [4.78, 5) is 29.4. The van der Waals surface area contributed by atoms with Crippen molar-refractivity contribution in [2.75, 3.05) is 17.4 Å². The van der Waals surface area contributed by atoms with Crippen LogP contribution < -0.4 is 9.62 Å². The minimum Gasteiger partial charge on any atom is -0.355 e. The number of aryl methyl sites for hydroxylation is 2. The summed E-state index contributed by atoms with van der Waals surface area (Å²) in [5.74, 6) is -0.875. The molecule has 0 aromatic heterocycles. The fourth-order valence-electron chi connectivity index (χ4n) is 4.81. The molecule has 7 nitrogen and oxygen atoms in total. The highest BCUT2D eigenvalue weighted by Gasteiger charge is 2.34. The van der Waals surface area contributed by atoms with Crippen molar-refractivity contribution in [3.05, 3.63) is 130 Å². The van der Waals surface area contributed by atoms with E-state index in [0.717, 1.165) is 21.0 Å². The Morgan fingerprint density at radius 3 is 2.16 bits per heavy atom. The number of hydrogen-bond donors (Lipinski definition) is 1. The Kier molecular flexibility index (Phi) is 10.6. The molecule has 9 heteroatoms. The lowest BCUT2D eigenvalue weighted by molar-refractivity contribution is -0.140. The molecule has 4 rings (SSSR count). The lowest BCUT2D eigenvalue weighted by Gasteiger charge is -2.34. The number of benzene rings is 4. The van der Waals surface area contributed by atoms with Gasteiger partial charge in [0.15, 0.2) is 0 Å². The molecule has 0 unspecified atom stereocenters. The number of likely N-dealkylation sites (N-methyl/N-ethyl adjacent to an activating group) is 1. The molecule has 224 valence electrons. The Labute approximate surface area is 259 Å². The first kappa shape index (κ1) is 31.8. The van der Waals surface area contributed by atoms with E-state index in [1.807, 2.05) is 63.2 Å². The van der Waals surface area contributed by atoms with Crippen LogP contribution in [0.1, 0.15) is 29.2 Å². The van der Waals surface area contributed by atoms with Gasteiger partial charge in [0.25, 0.3) is 10.0 Å². The molecule has 0 aliphatic carbocycles. The molecule has 4 aromatic rings. The van der Waals surface area contributed by atoms with Gasteiger partial charge in [-0.2, -0.15) is 0 Å². The van der Waals surface area contributed by atoms with Gasteiger partial charge in [-0.25, -0.2) is 8.42 Å². The highest BCUT2D eigenvalue weighted by Crippen LogP contribution is 2.27. The fraction of sp³-hybridized carbons (Fsp3) is 0.235. The number of nitrogens with one attached hydrogen (secondary N) is 1. The minimum absolute atomic E-state index is 0.0133. The van der Waals surface area contributed by atoms with Crippen LogP contribution in [-0.2, 0) is 32.6 Å². The maximum Gasteiger partial charge on any atom is 0.264 e. The third kappa shape index (κ3) is 8.03. The number of rotatable bonds is 12. The lowest BCUT2D eigenvalue weighted by atomic mass is 10.0. The van der Waals surface area contributed by atoms with E-state index in [1.54, 1.807) is 48.5 Å². The Bertz CT molecular complexity index is 1660. The number of anilines is 1. The first-order valence-electron chi connectivity index (χ1n) is 14.1. The summed E-state index contributed by atoms with van der Waals surface area (Å²) in [7, 11) is -4.15. The number of sulfonamides is 1. The van der Waals surface area contributed by atoms with Gasteiger partial charge in [0.05, 0.1) is 10.6 Å². The molecular formula is C34H36ClN3O4S. The summed E-state index contributed by atoms with van der Waals surface area (Å²) in [5, 5.41) is 3.30. The largest absolute Gasteiger partial charge is 0.355 e. The van der Waals surface area contributed by atoms with E-state index in [4.69, 9.17) is 11.6 Å². The van der Waals surface area contributed by atoms with Gasteiger partial charge in [-0.15, -0.1) is 0 Å². The molecule has 0 radical (unpaired) electrons. The van der Waals surface area contributed by atoms with Gasteiger partial charge in [-0.3, -0.25) is 13.9 Å². The summed E-state index contributed by atoms with van der Waals surface area (Å²) < 4.78 is 29.3. The van der Waals surface area contributed by atoms with Gasteiger partial charge in [0, 0.05) is 24.5 Å². The number of halogens is 1. The minimum atomic E-state index is -4.15. The molecule has 0 fully saturated rings. The van der Waals surface area contributed by atoms with Gasteiger partial charge in [-0.05, 0) is 67.8 Å². The first-order valence-corrected chi connectivity index (χ1v) is 15.9. The van der Waals surface area contributed by atoms with Gasteiger partial charge in [-0.1, -0.05) is 90.0 Å². The van der Waals surface area contributed by atoms with Crippen LogP contribution in [0.5, 0.6) is 0 Å². The number of carbonyl (C=O) groups is 2. The van der Waals surface area contributed by atoms with Crippen molar-refractivity contribution in [2.45, 2.75) is 44.7 Å². The van der Waals surface area contributed by atoms with Crippen LogP contribution in [-0.4, -0.2) is 44.3 Å². The molecule has 0 spiro atoms. The van der Waals surface area contributed by atoms with Crippen molar-refractivity contribution in [1.29, 1.82) is 0 Å². The molecule has 2 amide bonds. The normalized spacial score (nSPS) is 11.9. The number of nitrogens with zero attached hydrogens (tertiary/aromatic N) is 2. The third-order valence-corrected chi connectivity index (χ3v) is 9.25. The van der Waals surface area contributed by atoms with Crippen LogP contribution in [0.15, 0.2) is 108 Å². The second-order valence-electron chi connectivity index (χ2n) is 10.4. The zero-order valence-corrected chi connectivity index (χ0v) is 26.1. The van der Waals surface area contributed by atoms with E-state index in [9.17, 15) is 18.0 Å². The van der Waals surface area contributed by atoms with Crippen LogP contribution in [0.4, 0.5) is 5.69 Å². The van der Waals surface area contributed by atoms with Crippen molar-refractivity contribution in [3.63, 3.8) is 0 Å². The highest BCUT2D eigenvalue weighted by atomic mass is 35.5. The van der Waals surface area contributed by atoms with Crippen molar-refractivity contribution in [1.82, 2.24) is 10.2 Å². The zero-order chi connectivity index (χ0) is 31.0. The van der Waals surface area contributed by atoms with E-state index >= 15 is 0 Å². The standard InChI is InChI=1S/C34H36ClN3O4S/c1-4-36-34(40)32(22-27-12-6-5-7-13-27)37(23-28-14-8-9-16-31(28)35)33(39)24-38(29-15-10-11-26(3)21-29)43(41,42)30-19-17-25(2)18-20-30/h5-21,32H,4,22-24H2,1-3H3,(H,36,40)/t32-/m1/s1. The Morgan fingerprint density at radius 1 is 0.837 bits per heavy atom. The quantitative estimate of drug-likeness (QED) is 0.214. The van der Waals surface area contributed by atoms with Crippen LogP contribution in [0.25, 0.3) is 0 Å². The Hall–Kier alpha value is -4.14. The monoisotopic (exact) mass is 617 g/mol. The molecule has 1 N–H and O–H groups in total. The van der Waals surface area contributed by atoms with Crippen LogP contribution in [0.3, 0.4) is 0 Å². The molecule has 43 heavy (non-hydrogen) atoms. The summed E-state index contributed by atoms with van der Waals surface area (Å²) >= 11 is 6.52. The predicted octanol–water partition coefficient (Wildman–Crippen LogP) is 5.93.